The first-order chi connectivity index (χ1) is 6.15. The third-order valence-corrected chi connectivity index (χ3v) is 2.52. The molecule has 0 aromatic rings. The van der Waals surface area contributed by atoms with Gasteiger partial charge in [0, 0.05) is 46.6 Å². The summed E-state index contributed by atoms with van der Waals surface area (Å²) >= 11 is 0. The van der Waals surface area contributed by atoms with Crippen LogP contribution in [0.25, 0.3) is 0 Å². The van der Waals surface area contributed by atoms with Crippen molar-refractivity contribution in [3.05, 3.63) is 0 Å². The molecule has 0 saturated carbocycles. The number of ether oxygens (including phenoxy) is 1. The van der Waals surface area contributed by atoms with Gasteiger partial charge in [-0.3, -0.25) is 4.79 Å². The van der Waals surface area contributed by atoms with Crippen molar-refractivity contribution in [1.82, 2.24) is 10.2 Å². The highest BCUT2D eigenvalue weighted by atomic mass is 16.5. The summed E-state index contributed by atoms with van der Waals surface area (Å²) in [7, 11) is 5.27. The summed E-state index contributed by atoms with van der Waals surface area (Å²) < 4.78 is 5.27. The molecule has 1 rings (SSSR count). The van der Waals surface area contributed by atoms with E-state index in [4.69, 9.17) is 4.74 Å². The summed E-state index contributed by atoms with van der Waals surface area (Å²) in [5.41, 5.74) is 0. The predicted molar refractivity (Wildman–Crippen MR) is 50.5 cm³/mol. The lowest BCUT2D eigenvalue weighted by molar-refractivity contribution is -0.130. The first-order valence-corrected chi connectivity index (χ1v) is 4.58. The second-order valence-corrected chi connectivity index (χ2v) is 3.68. The third kappa shape index (κ3) is 2.67. The molecule has 0 unspecified atom stereocenters. The minimum Gasteiger partial charge on any atom is -0.380 e. The van der Waals surface area contributed by atoms with Crippen molar-refractivity contribution in [2.75, 3.05) is 34.3 Å². The summed E-state index contributed by atoms with van der Waals surface area (Å²) in [5.74, 6) is 0.510. The van der Waals surface area contributed by atoms with Crippen LogP contribution in [0, 0.1) is 5.92 Å². The topological polar surface area (TPSA) is 41.6 Å². The Morgan fingerprint density at radius 2 is 2.23 bits per heavy atom. The molecule has 0 aliphatic carbocycles. The number of nitrogens with zero attached hydrogens (tertiary/aromatic N) is 1. The number of nitrogens with one attached hydrogen (secondary N) is 1. The number of hydrogen-bond acceptors (Lipinski definition) is 3. The summed E-state index contributed by atoms with van der Waals surface area (Å²) in [6, 6.07) is 0. The van der Waals surface area contributed by atoms with E-state index in [-0.39, 0.29) is 12.0 Å². The highest BCUT2D eigenvalue weighted by molar-refractivity contribution is 5.75. The molecule has 1 N–H and O–H groups in total. The molecule has 2 atom stereocenters. The zero-order valence-corrected chi connectivity index (χ0v) is 8.54. The fourth-order valence-corrected chi connectivity index (χ4v) is 1.60. The van der Waals surface area contributed by atoms with Crippen LogP contribution in [0.15, 0.2) is 0 Å². The van der Waals surface area contributed by atoms with Gasteiger partial charge in [-0.1, -0.05) is 0 Å². The Hall–Kier alpha value is -0.610. The second kappa shape index (κ2) is 4.58. The summed E-state index contributed by atoms with van der Waals surface area (Å²) in [4.78, 5) is 13.0. The molecule has 4 heteroatoms. The van der Waals surface area contributed by atoms with Gasteiger partial charge in [-0.15, -0.1) is 0 Å². The van der Waals surface area contributed by atoms with Crippen LogP contribution in [0.5, 0.6) is 0 Å². The van der Waals surface area contributed by atoms with E-state index in [1.807, 2.05) is 0 Å². The van der Waals surface area contributed by atoms with Gasteiger partial charge < -0.3 is 15.0 Å². The van der Waals surface area contributed by atoms with Crippen LogP contribution in [0.2, 0.25) is 0 Å². The molecule has 1 fully saturated rings. The fraction of sp³-hybridized carbons (Fsp3) is 0.889. The Bertz CT molecular complexity index is 182. The van der Waals surface area contributed by atoms with Gasteiger partial charge in [0.15, 0.2) is 0 Å². The molecule has 1 aliphatic rings. The Labute approximate surface area is 79.2 Å². The minimum atomic E-state index is 0.177. The van der Waals surface area contributed by atoms with Crippen LogP contribution in [0.4, 0.5) is 0 Å². The standard InChI is InChI=1S/C9H18N2O2/c1-11(2)9(12)4-7-5-10-6-8(7)13-3/h7-8,10H,4-6H2,1-3H3/t7-,8-/m0/s1. The van der Waals surface area contributed by atoms with Gasteiger partial charge in [0.2, 0.25) is 5.91 Å². The van der Waals surface area contributed by atoms with Crippen molar-refractivity contribution in [2.24, 2.45) is 5.92 Å². The van der Waals surface area contributed by atoms with E-state index in [0.717, 1.165) is 13.1 Å². The third-order valence-electron chi connectivity index (χ3n) is 2.52. The zero-order valence-electron chi connectivity index (χ0n) is 8.54. The molecule has 76 valence electrons. The molecule has 0 radical (unpaired) electrons. The fourth-order valence-electron chi connectivity index (χ4n) is 1.60. The van der Waals surface area contributed by atoms with Gasteiger partial charge in [0.05, 0.1) is 6.10 Å². The number of amides is 1. The summed E-state index contributed by atoms with van der Waals surface area (Å²) in [5, 5.41) is 3.22. The molecule has 1 saturated heterocycles. The van der Waals surface area contributed by atoms with Gasteiger partial charge in [0.1, 0.15) is 0 Å². The van der Waals surface area contributed by atoms with Crippen LogP contribution in [-0.2, 0) is 9.53 Å². The smallest absolute Gasteiger partial charge is 0.222 e. The van der Waals surface area contributed by atoms with E-state index in [2.05, 4.69) is 5.32 Å². The highest BCUT2D eigenvalue weighted by Gasteiger charge is 2.28. The first-order valence-electron chi connectivity index (χ1n) is 4.58. The minimum absolute atomic E-state index is 0.177. The molecule has 0 aromatic heterocycles. The normalized spacial score (nSPS) is 27.6. The predicted octanol–water partition coefficient (Wildman–Crippen LogP) is -0.301. The van der Waals surface area contributed by atoms with Crippen LogP contribution >= 0.6 is 0 Å². The highest BCUT2D eigenvalue weighted by Crippen LogP contribution is 2.16. The number of methoxy groups -OCH3 is 1. The van der Waals surface area contributed by atoms with Crippen molar-refractivity contribution in [2.45, 2.75) is 12.5 Å². The van der Waals surface area contributed by atoms with Crippen LogP contribution < -0.4 is 5.32 Å². The van der Waals surface area contributed by atoms with Crippen molar-refractivity contribution >= 4 is 5.91 Å². The maximum Gasteiger partial charge on any atom is 0.222 e. The van der Waals surface area contributed by atoms with Gasteiger partial charge in [-0.2, -0.15) is 0 Å². The average Bonchev–Trinajstić information content (AvgIpc) is 2.51. The molecule has 0 aromatic carbocycles. The lowest BCUT2D eigenvalue weighted by atomic mass is 10.0. The van der Waals surface area contributed by atoms with E-state index in [1.165, 1.54) is 0 Å². The molecule has 13 heavy (non-hydrogen) atoms. The molecular formula is C9H18N2O2. The van der Waals surface area contributed by atoms with E-state index in [9.17, 15) is 4.79 Å². The Balaban J connectivity index is 2.39. The number of rotatable bonds is 3. The summed E-state index contributed by atoms with van der Waals surface area (Å²) in [6.07, 6.45) is 0.780. The van der Waals surface area contributed by atoms with Gasteiger partial charge in [-0.25, -0.2) is 0 Å². The average molecular weight is 186 g/mol. The summed E-state index contributed by atoms with van der Waals surface area (Å²) in [6.45, 7) is 1.75. The van der Waals surface area contributed by atoms with Gasteiger partial charge >= 0.3 is 0 Å². The van der Waals surface area contributed by atoms with Crippen molar-refractivity contribution in [3.63, 3.8) is 0 Å². The van der Waals surface area contributed by atoms with E-state index >= 15 is 0 Å². The number of hydrogen-bond donors (Lipinski definition) is 1. The molecule has 1 amide bonds. The van der Waals surface area contributed by atoms with Crippen LogP contribution in [0.1, 0.15) is 6.42 Å². The van der Waals surface area contributed by atoms with E-state index in [1.54, 1.807) is 26.1 Å². The Kier molecular flexibility index (Phi) is 3.69. The molecule has 0 bridgehead atoms. The van der Waals surface area contributed by atoms with Crippen molar-refractivity contribution < 1.29 is 9.53 Å². The maximum atomic E-state index is 11.4. The largest absolute Gasteiger partial charge is 0.380 e. The lowest BCUT2D eigenvalue weighted by Gasteiger charge is -2.18. The van der Waals surface area contributed by atoms with Gasteiger partial charge in [-0.05, 0) is 0 Å². The van der Waals surface area contributed by atoms with Crippen LogP contribution in [0.3, 0.4) is 0 Å². The second-order valence-electron chi connectivity index (χ2n) is 3.68. The van der Waals surface area contributed by atoms with E-state index < -0.39 is 0 Å². The molecule has 1 heterocycles. The molecule has 1 aliphatic heterocycles. The maximum absolute atomic E-state index is 11.4. The number of carbonyl (C=O) groups is 1. The van der Waals surface area contributed by atoms with Crippen molar-refractivity contribution in [3.8, 4) is 0 Å². The van der Waals surface area contributed by atoms with E-state index in [0.29, 0.717) is 12.3 Å². The number of carbonyl (C=O) groups excluding carboxylic acids is 1. The van der Waals surface area contributed by atoms with Crippen LogP contribution in [-0.4, -0.2) is 51.2 Å². The zero-order chi connectivity index (χ0) is 9.84. The molecular weight excluding hydrogens is 168 g/mol. The molecule has 0 spiro atoms. The lowest BCUT2D eigenvalue weighted by Crippen LogP contribution is -2.29. The van der Waals surface area contributed by atoms with Crippen molar-refractivity contribution in [1.29, 1.82) is 0 Å². The SMILES string of the molecule is CO[C@H]1CNC[C@@H]1CC(=O)N(C)C. The van der Waals surface area contributed by atoms with Gasteiger partial charge in [0.25, 0.3) is 0 Å². The molecule has 4 nitrogen and oxygen atoms in total. The Morgan fingerprint density at radius 3 is 2.77 bits per heavy atom. The first kappa shape index (κ1) is 10.5. The monoisotopic (exact) mass is 186 g/mol. The quantitative estimate of drug-likeness (QED) is 0.658. The Morgan fingerprint density at radius 1 is 1.54 bits per heavy atom.